The molecule has 1 aliphatic carbocycles. The van der Waals surface area contributed by atoms with E-state index in [9.17, 15) is 0 Å². The van der Waals surface area contributed by atoms with Crippen LogP contribution < -0.4 is 5.73 Å². The third-order valence-electron chi connectivity index (χ3n) is 4.67. The van der Waals surface area contributed by atoms with Crippen LogP contribution >= 0.6 is 0 Å². The van der Waals surface area contributed by atoms with Gasteiger partial charge < -0.3 is 10.5 Å². The van der Waals surface area contributed by atoms with Gasteiger partial charge in [0.2, 0.25) is 0 Å². The Morgan fingerprint density at radius 2 is 1.59 bits per heavy atom. The van der Waals surface area contributed by atoms with Crippen LogP contribution in [0.4, 0.5) is 0 Å². The molecule has 0 bridgehead atoms. The first-order chi connectivity index (χ1) is 7.97. The monoisotopic (exact) mass is 241 g/mol. The van der Waals surface area contributed by atoms with E-state index < -0.39 is 0 Å². The Labute approximate surface area is 107 Å². The molecule has 0 aromatic carbocycles. The molecule has 0 aromatic heterocycles. The molecule has 1 fully saturated rings. The molecule has 0 radical (unpaired) electrons. The molecule has 1 rings (SSSR count). The van der Waals surface area contributed by atoms with Gasteiger partial charge in [0.25, 0.3) is 0 Å². The van der Waals surface area contributed by atoms with Crippen LogP contribution in [0.3, 0.4) is 0 Å². The largest absolute Gasteiger partial charge is 0.373 e. The van der Waals surface area contributed by atoms with Crippen molar-refractivity contribution in [3.8, 4) is 0 Å². The highest BCUT2D eigenvalue weighted by Crippen LogP contribution is 2.41. The summed E-state index contributed by atoms with van der Waals surface area (Å²) in [6.07, 6.45) is 7.18. The van der Waals surface area contributed by atoms with Crippen molar-refractivity contribution in [3.05, 3.63) is 0 Å². The van der Waals surface area contributed by atoms with Gasteiger partial charge in [-0.25, -0.2) is 0 Å². The molecule has 0 aliphatic heterocycles. The summed E-state index contributed by atoms with van der Waals surface area (Å²) in [5.41, 5.74) is 6.44. The van der Waals surface area contributed by atoms with Crippen LogP contribution in [0.15, 0.2) is 0 Å². The summed E-state index contributed by atoms with van der Waals surface area (Å²) in [6, 6.07) is 0. The van der Waals surface area contributed by atoms with E-state index in [2.05, 4.69) is 27.7 Å². The molecule has 102 valence electrons. The van der Waals surface area contributed by atoms with Gasteiger partial charge in [0, 0.05) is 6.54 Å². The van der Waals surface area contributed by atoms with Crippen molar-refractivity contribution in [2.24, 2.45) is 17.1 Å². The quantitative estimate of drug-likeness (QED) is 0.769. The first kappa shape index (κ1) is 15.0. The smallest absolute Gasteiger partial charge is 0.0804 e. The van der Waals surface area contributed by atoms with Crippen LogP contribution in [-0.2, 0) is 4.74 Å². The van der Waals surface area contributed by atoms with Crippen molar-refractivity contribution >= 4 is 0 Å². The van der Waals surface area contributed by atoms with E-state index >= 15 is 0 Å². The second kappa shape index (κ2) is 6.19. The Morgan fingerprint density at radius 3 is 2.00 bits per heavy atom. The van der Waals surface area contributed by atoms with Gasteiger partial charge in [0.05, 0.1) is 12.2 Å². The van der Waals surface area contributed by atoms with Gasteiger partial charge in [-0.05, 0) is 37.0 Å². The molecule has 2 N–H and O–H groups in total. The average molecular weight is 241 g/mol. The standard InChI is InChI=1S/C15H31NO/c1-5-13(6-2)11-17-15(12-16)9-7-14(3,4)8-10-15/h13H,5-12,16H2,1-4H3. The predicted molar refractivity (Wildman–Crippen MR) is 74.1 cm³/mol. The number of rotatable bonds is 6. The van der Waals surface area contributed by atoms with Crippen molar-refractivity contribution in [2.75, 3.05) is 13.2 Å². The summed E-state index contributed by atoms with van der Waals surface area (Å²) in [6.45, 7) is 10.8. The SMILES string of the molecule is CCC(CC)COC1(CN)CCC(C)(C)CC1. The minimum atomic E-state index is -0.0158. The molecule has 0 spiro atoms. The molecule has 0 saturated heterocycles. The van der Waals surface area contributed by atoms with Crippen LogP contribution in [0.2, 0.25) is 0 Å². The van der Waals surface area contributed by atoms with E-state index in [0.717, 1.165) is 19.4 Å². The summed E-state index contributed by atoms with van der Waals surface area (Å²) >= 11 is 0. The van der Waals surface area contributed by atoms with Crippen LogP contribution in [0.1, 0.15) is 66.2 Å². The summed E-state index contributed by atoms with van der Waals surface area (Å²) in [5, 5.41) is 0. The van der Waals surface area contributed by atoms with Gasteiger partial charge in [-0.15, -0.1) is 0 Å². The number of nitrogens with two attached hydrogens (primary N) is 1. The summed E-state index contributed by atoms with van der Waals surface area (Å²) < 4.78 is 6.23. The summed E-state index contributed by atoms with van der Waals surface area (Å²) in [4.78, 5) is 0. The highest BCUT2D eigenvalue weighted by atomic mass is 16.5. The summed E-state index contributed by atoms with van der Waals surface area (Å²) in [7, 11) is 0. The highest BCUT2D eigenvalue weighted by molar-refractivity contribution is 4.91. The van der Waals surface area contributed by atoms with Crippen LogP contribution in [0, 0.1) is 11.3 Å². The lowest BCUT2D eigenvalue weighted by Gasteiger charge is -2.43. The molecule has 0 unspecified atom stereocenters. The molecular formula is C15H31NO. The van der Waals surface area contributed by atoms with E-state index in [1.165, 1.54) is 25.7 Å². The van der Waals surface area contributed by atoms with E-state index in [1.807, 2.05) is 0 Å². The highest BCUT2D eigenvalue weighted by Gasteiger charge is 2.38. The minimum absolute atomic E-state index is 0.0158. The van der Waals surface area contributed by atoms with Gasteiger partial charge in [-0.1, -0.05) is 40.5 Å². The van der Waals surface area contributed by atoms with Crippen molar-refractivity contribution in [1.29, 1.82) is 0 Å². The lowest BCUT2D eigenvalue weighted by atomic mass is 9.71. The minimum Gasteiger partial charge on any atom is -0.373 e. The van der Waals surface area contributed by atoms with Crippen LogP contribution in [0.25, 0.3) is 0 Å². The average Bonchev–Trinajstić information content (AvgIpc) is 2.33. The first-order valence-corrected chi connectivity index (χ1v) is 7.31. The van der Waals surface area contributed by atoms with Gasteiger partial charge >= 0.3 is 0 Å². The summed E-state index contributed by atoms with van der Waals surface area (Å²) in [5.74, 6) is 0.702. The molecule has 1 aliphatic rings. The zero-order valence-corrected chi connectivity index (χ0v) is 12.2. The molecule has 17 heavy (non-hydrogen) atoms. The molecule has 1 saturated carbocycles. The lowest BCUT2D eigenvalue weighted by Crippen LogP contribution is -2.46. The Bertz CT molecular complexity index is 211. The fourth-order valence-corrected chi connectivity index (χ4v) is 2.61. The normalized spacial score (nSPS) is 22.9. The van der Waals surface area contributed by atoms with E-state index in [4.69, 9.17) is 10.5 Å². The fourth-order valence-electron chi connectivity index (χ4n) is 2.61. The number of ether oxygens (including phenoxy) is 1. The van der Waals surface area contributed by atoms with Gasteiger partial charge in [0.1, 0.15) is 0 Å². The maximum absolute atomic E-state index is 6.23. The zero-order chi connectivity index (χ0) is 12.9. The molecule has 0 aromatic rings. The third kappa shape index (κ3) is 4.26. The Kier molecular flexibility index (Phi) is 5.46. The maximum atomic E-state index is 6.23. The molecular weight excluding hydrogens is 210 g/mol. The van der Waals surface area contributed by atoms with Crippen molar-refractivity contribution in [3.63, 3.8) is 0 Å². The van der Waals surface area contributed by atoms with Crippen molar-refractivity contribution < 1.29 is 4.74 Å². The van der Waals surface area contributed by atoms with E-state index in [0.29, 0.717) is 17.9 Å². The molecule has 2 nitrogen and oxygen atoms in total. The predicted octanol–water partition coefficient (Wildman–Crippen LogP) is 3.74. The fraction of sp³-hybridized carbons (Fsp3) is 1.00. The Hall–Kier alpha value is -0.0800. The Morgan fingerprint density at radius 1 is 1.06 bits per heavy atom. The van der Waals surface area contributed by atoms with E-state index in [1.54, 1.807) is 0 Å². The second-order valence-electron chi connectivity index (χ2n) is 6.54. The van der Waals surface area contributed by atoms with Crippen molar-refractivity contribution in [2.45, 2.75) is 71.8 Å². The molecule has 2 heteroatoms. The van der Waals surface area contributed by atoms with Crippen LogP contribution in [0.5, 0.6) is 0 Å². The number of hydrogen-bond donors (Lipinski definition) is 1. The third-order valence-corrected chi connectivity index (χ3v) is 4.67. The molecule has 0 amide bonds. The van der Waals surface area contributed by atoms with Gasteiger partial charge in [0.15, 0.2) is 0 Å². The van der Waals surface area contributed by atoms with Gasteiger partial charge in [-0.2, -0.15) is 0 Å². The topological polar surface area (TPSA) is 35.2 Å². The molecule has 0 heterocycles. The van der Waals surface area contributed by atoms with Crippen LogP contribution in [-0.4, -0.2) is 18.8 Å². The zero-order valence-electron chi connectivity index (χ0n) is 12.2. The van der Waals surface area contributed by atoms with E-state index in [-0.39, 0.29) is 5.60 Å². The maximum Gasteiger partial charge on any atom is 0.0804 e. The number of hydrogen-bond acceptors (Lipinski definition) is 2. The Balaban J connectivity index is 2.47. The lowest BCUT2D eigenvalue weighted by molar-refractivity contribution is -0.0934. The van der Waals surface area contributed by atoms with Gasteiger partial charge in [-0.3, -0.25) is 0 Å². The van der Waals surface area contributed by atoms with Crippen molar-refractivity contribution in [1.82, 2.24) is 0 Å². The second-order valence-corrected chi connectivity index (χ2v) is 6.54. The molecule has 0 atom stereocenters. The first-order valence-electron chi connectivity index (χ1n) is 7.31.